The van der Waals surface area contributed by atoms with E-state index in [4.69, 9.17) is 0 Å². The van der Waals surface area contributed by atoms with Gasteiger partial charge >= 0.3 is 0 Å². The van der Waals surface area contributed by atoms with E-state index in [0.29, 0.717) is 11.3 Å². The monoisotopic (exact) mass is 208 g/mol. The van der Waals surface area contributed by atoms with Crippen molar-refractivity contribution in [3.05, 3.63) is 35.1 Å². The Kier molecular flexibility index (Phi) is 3.73. The van der Waals surface area contributed by atoms with Gasteiger partial charge in [0, 0.05) is 5.56 Å². The zero-order valence-corrected chi connectivity index (χ0v) is 8.57. The lowest BCUT2D eigenvalue weighted by Crippen LogP contribution is -1.94. The van der Waals surface area contributed by atoms with Crippen molar-refractivity contribution in [1.82, 2.24) is 0 Å². The van der Waals surface area contributed by atoms with Crippen molar-refractivity contribution in [1.29, 1.82) is 0 Å². The average Bonchev–Trinajstić information content (AvgIpc) is 2.16. The molecule has 0 amide bonds. The fourth-order valence-corrected chi connectivity index (χ4v) is 1.05. The number of carbonyl (C=O) groups is 1. The number of rotatable bonds is 1. The summed E-state index contributed by atoms with van der Waals surface area (Å²) in [6.45, 7) is 1.43. The summed E-state index contributed by atoms with van der Waals surface area (Å²) in [5.74, 6) is 5.09. The molecule has 0 fully saturated rings. The normalized spacial score (nSPS) is 9.07. The van der Waals surface area contributed by atoms with Gasteiger partial charge in [-0.2, -0.15) is 12.6 Å². The molecule has 0 bridgehead atoms. The van der Waals surface area contributed by atoms with E-state index in [2.05, 4.69) is 24.5 Å². The molecule has 14 heavy (non-hydrogen) atoms. The Labute approximate surface area is 87.7 Å². The molecular formula is C11H9FOS. The minimum Gasteiger partial charge on any atom is -0.295 e. The van der Waals surface area contributed by atoms with E-state index < -0.39 is 5.82 Å². The Morgan fingerprint density at radius 3 is 2.86 bits per heavy atom. The predicted molar refractivity (Wildman–Crippen MR) is 57.1 cm³/mol. The van der Waals surface area contributed by atoms with Crippen LogP contribution in [0.4, 0.5) is 4.39 Å². The fourth-order valence-electron chi connectivity index (χ4n) is 0.975. The Morgan fingerprint density at radius 1 is 1.57 bits per heavy atom. The predicted octanol–water partition coefficient (Wildman–Crippen LogP) is 2.31. The average molecular weight is 208 g/mol. The van der Waals surface area contributed by atoms with Crippen molar-refractivity contribution >= 4 is 18.4 Å². The number of ketones is 1. The molecule has 0 saturated heterocycles. The van der Waals surface area contributed by atoms with Crippen molar-refractivity contribution in [2.45, 2.75) is 6.92 Å². The first-order chi connectivity index (χ1) is 6.65. The summed E-state index contributed by atoms with van der Waals surface area (Å²) < 4.78 is 13.1. The third-order valence-electron chi connectivity index (χ3n) is 1.68. The highest BCUT2D eigenvalue weighted by Gasteiger charge is 2.03. The van der Waals surface area contributed by atoms with Crippen LogP contribution in [0.15, 0.2) is 18.2 Å². The van der Waals surface area contributed by atoms with Crippen molar-refractivity contribution in [3.63, 3.8) is 0 Å². The number of hydrogen-bond donors (Lipinski definition) is 1. The second-order valence-corrected chi connectivity index (χ2v) is 3.03. The molecule has 3 heteroatoms. The summed E-state index contributed by atoms with van der Waals surface area (Å²) in [5.41, 5.74) is 0.710. The molecule has 0 aliphatic heterocycles. The Bertz CT molecular complexity index is 415. The molecule has 0 atom stereocenters. The van der Waals surface area contributed by atoms with Crippen LogP contribution >= 0.6 is 12.6 Å². The fraction of sp³-hybridized carbons (Fsp3) is 0.182. The number of halogens is 1. The van der Waals surface area contributed by atoms with Gasteiger partial charge in [0.1, 0.15) is 5.82 Å². The number of hydrogen-bond acceptors (Lipinski definition) is 2. The SMILES string of the molecule is CC(=O)c1ccc(F)c(C#CCS)c1. The van der Waals surface area contributed by atoms with Crippen LogP contribution in [0.25, 0.3) is 0 Å². The van der Waals surface area contributed by atoms with Gasteiger partial charge in [-0.3, -0.25) is 4.79 Å². The maximum absolute atomic E-state index is 13.1. The van der Waals surface area contributed by atoms with Crippen LogP contribution in [0.2, 0.25) is 0 Å². The molecule has 1 aromatic rings. The molecule has 0 aliphatic rings. The Hall–Kier alpha value is -1.27. The molecule has 0 heterocycles. The van der Waals surface area contributed by atoms with Gasteiger partial charge in [-0.1, -0.05) is 11.8 Å². The molecule has 0 N–H and O–H groups in total. The van der Waals surface area contributed by atoms with Crippen LogP contribution < -0.4 is 0 Å². The van der Waals surface area contributed by atoms with Crippen molar-refractivity contribution < 1.29 is 9.18 Å². The second-order valence-electron chi connectivity index (χ2n) is 2.71. The van der Waals surface area contributed by atoms with Crippen LogP contribution in [0, 0.1) is 17.7 Å². The number of carbonyl (C=O) groups excluding carboxylic acids is 1. The van der Waals surface area contributed by atoms with Crippen molar-refractivity contribution in [3.8, 4) is 11.8 Å². The van der Waals surface area contributed by atoms with Gasteiger partial charge in [-0.05, 0) is 25.1 Å². The van der Waals surface area contributed by atoms with Gasteiger partial charge in [-0.15, -0.1) is 0 Å². The van der Waals surface area contributed by atoms with Gasteiger partial charge in [0.25, 0.3) is 0 Å². The molecule has 0 saturated carbocycles. The van der Waals surface area contributed by atoms with E-state index in [1.54, 1.807) is 0 Å². The van der Waals surface area contributed by atoms with Gasteiger partial charge in [0.2, 0.25) is 0 Å². The van der Waals surface area contributed by atoms with Gasteiger partial charge in [0.15, 0.2) is 5.78 Å². The zero-order valence-electron chi connectivity index (χ0n) is 7.67. The molecule has 1 rings (SSSR count). The van der Waals surface area contributed by atoms with Crippen LogP contribution in [-0.4, -0.2) is 11.5 Å². The lowest BCUT2D eigenvalue weighted by atomic mass is 10.1. The van der Waals surface area contributed by atoms with Gasteiger partial charge in [-0.25, -0.2) is 4.39 Å². The van der Waals surface area contributed by atoms with Crippen molar-refractivity contribution in [2.75, 3.05) is 5.75 Å². The van der Waals surface area contributed by atoms with Crippen LogP contribution in [0.5, 0.6) is 0 Å². The lowest BCUT2D eigenvalue weighted by Gasteiger charge is -1.97. The van der Waals surface area contributed by atoms with E-state index >= 15 is 0 Å². The maximum Gasteiger partial charge on any atom is 0.159 e. The second kappa shape index (κ2) is 4.83. The molecule has 1 nitrogen and oxygen atoms in total. The van der Waals surface area contributed by atoms with Crippen LogP contribution in [-0.2, 0) is 0 Å². The molecular weight excluding hydrogens is 199 g/mol. The summed E-state index contributed by atoms with van der Waals surface area (Å²) >= 11 is 3.89. The molecule has 0 unspecified atom stereocenters. The third kappa shape index (κ3) is 2.61. The largest absolute Gasteiger partial charge is 0.295 e. The smallest absolute Gasteiger partial charge is 0.159 e. The van der Waals surface area contributed by atoms with Crippen LogP contribution in [0.3, 0.4) is 0 Å². The first-order valence-corrected chi connectivity index (χ1v) is 4.68. The quantitative estimate of drug-likeness (QED) is 0.426. The summed E-state index contributed by atoms with van der Waals surface area (Å²) in [7, 11) is 0. The summed E-state index contributed by atoms with van der Waals surface area (Å²) in [5, 5.41) is 0. The zero-order chi connectivity index (χ0) is 10.6. The summed E-state index contributed by atoms with van der Waals surface area (Å²) in [4.78, 5) is 11.0. The highest BCUT2D eigenvalue weighted by atomic mass is 32.1. The molecule has 0 radical (unpaired) electrons. The number of benzene rings is 1. The minimum absolute atomic E-state index is 0.0982. The molecule has 0 spiro atoms. The van der Waals surface area contributed by atoms with Crippen molar-refractivity contribution in [2.24, 2.45) is 0 Å². The number of thiol groups is 1. The maximum atomic E-state index is 13.1. The van der Waals surface area contributed by atoms with E-state index in [9.17, 15) is 9.18 Å². The summed E-state index contributed by atoms with van der Waals surface area (Å²) in [6, 6.07) is 4.15. The Balaban J connectivity index is 3.14. The first-order valence-electron chi connectivity index (χ1n) is 4.05. The third-order valence-corrected chi connectivity index (χ3v) is 1.83. The van der Waals surface area contributed by atoms with E-state index in [0.717, 1.165) is 0 Å². The van der Waals surface area contributed by atoms with E-state index in [1.807, 2.05) is 0 Å². The minimum atomic E-state index is -0.413. The van der Waals surface area contributed by atoms with Gasteiger partial charge < -0.3 is 0 Å². The van der Waals surface area contributed by atoms with E-state index in [-0.39, 0.29) is 11.3 Å². The van der Waals surface area contributed by atoms with Gasteiger partial charge in [0.05, 0.1) is 11.3 Å². The number of Topliss-reactive ketones (excluding diaryl/α,β-unsaturated/α-hetero) is 1. The lowest BCUT2D eigenvalue weighted by molar-refractivity contribution is 0.101. The topological polar surface area (TPSA) is 17.1 Å². The Morgan fingerprint density at radius 2 is 2.29 bits per heavy atom. The highest BCUT2D eigenvalue weighted by molar-refractivity contribution is 7.80. The summed E-state index contributed by atoms with van der Waals surface area (Å²) in [6.07, 6.45) is 0. The standard InChI is InChI=1S/C11H9FOS/c1-8(13)9-4-5-11(12)10(7-9)3-2-6-14/h4-5,7,14H,6H2,1H3. The first kappa shape index (κ1) is 10.8. The van der Waals surface area contributed by atoms with E-state index in [1.165, 1.54) is 25.1 Å². The molecule has 0 aliphatic carbocycles. The molecule has 72 valence electrons. The van der Waals surface area contributed by atoms with Crippen LogP contribution in [0.1, 0.15) is 22.8 Å². The highest BCUT2D eigenvalue weighted by Crippen LogP contribution is 2.09. The molecule has 1 aromatic carbocycles. The molecule has 0 aromatic heterocycles.